The van der Waals surface area contributed by atoms with Crippen molar-refractivity contribution in [2.75, 3.05) is 33.5 Å². The lowest BCUT2D eigenvalue weighted by Crippen LogP contribution is -2.34. The van der Waals surface area contributed by atoms with Crippen molar-refractivity contribution < 1.29 is 23.7 Å². The maximum Gasteiger partial charge on any atom is 0.253 e. The van der Waals surface area contributed by atoms with Gasteiger partial charge in [-0.1, -0.05) is 49.5 Å². The monoisotopic (exact) mass is 435 g/mol. The number of amides is 1. The largest absolute Gasteiger partial charge is 0.493 e. The number of ether oxygens (including phenoxy) is 4. The van der Waals surface area contributed by atoms with Crippen LogP contribution in [0.5, 0.6) is 17.2 Å². The molecule has 0 aromatic heterocycles. The fourth-order valence-corrected chi connectivity index (χ4v) is 3.01. The van der Waals surface area contributed by atoms with E-state index in [9.17, 15) is 4.79 Å². The lowest BCUT2D eigenvalue weighted by molar-refractivity contribution is -0.132. The van der Waals surface area contributed by atoms with Gasteiger partial charge in [0.25, 0.3) is 5.91 Å². The van der Waals surface area contributed by atoms with E-state index in [1.165, 1.54) is 12.7 Å². The second-order valence-electron chi connectivity index (χ2n) is 6.83. The Bertz CT molecular complexity index is 940. The van der Waals surface area contributed by atoms with Gasteiger partial charge in [0.15, 0.2) is 17.6 Å². The number of methoxy groups -OCH3 is 1. The van der Waals surface area contributed by atoms with Crippen LogP contribution in [-0.4, -0.2) is 39.4 Å². The summed E-state index contributed by atoms with van der Waals surface area (Å²) in [7, 11) is 1.53. The van der Waals surface area contributed by atoms with Gasteiger partial charge >= 0.3 is 0 Å². The smallest absolute Gasteiger partial charge is 0.253 e. The number of rotatable bonds is 13. The number of benzene rings is 2. The molecule has 0 aliphatic carbocycles. The van der Waals surface area contributed by atoms with Gasteiger partial charge in [0.1, 0.15) is 25.6 Å². The predicted octanol–water partition coefficient (Wildman–Crippen LogP) is 3.55. The van der Waals surface area contributed by atoms with Gasteiger partial charge in [0.2, 0.25) is 0 Å². The van der Waals surface area contributed by atoms with Gasteiger partial charge in [-0.25, -0.2) is 0 Å². The Balaban J connectivity index is 1.91. The number of aryl methyl sites for hydroxylation is 1. The van der Waals surface area contributed by atoms with Crippen LogP contribution >= 0.6 is 0 Å². The number of hydrogen-bond acceptors (Lipinski definition) is 5. The fraction of sp³-hybridized carbons (Fsp3) is 0.346. The quantitative estimate of drug-likeness (QED) is 0.385. The topological polar surface area (TPSA) is 66.0 Å². The van der Waals surface area contributed by atoms with Crippen molar-refractivity contribution in [3.8, 4) is 41.9 Å². The second-order valence-corrected chi connectivity index (χ2v) is 6.83. The zero-order chi connectivity index (χ0) is 23.2. The Morgan fingerprint density at radius 3 is 2.44 bits per heavy atom. The van der Waals surface area contributed by atoms with Crippen LogP contribution in [-0.2, 0) is 16.0 Å². The third kappa shape index (κ3) is 7.58. The van der Waals surface area contributed by atoms with Gasteiger partial charge in [-0.2, -0.15) is 0 Å². The molecule has 1 amide bonds. The Morgan fingerprint density at radius 1 is 1.03 bits per heavy atom. The van der Waals surface area contributed by atoms with Crippen LogP contribution in [0.3, 0.4) is 0 Å². The standard InChI is InChI=1S/C26H29NO5/c1-5-8-20-9-11-21(12-10-20)25(32-17-7-3)26(28)27-15-18-30-22-13-14-23(31-16-6-2)24(19-22)29-4/h2-3,9-14,19,25H,5,8,15-18H2,1,4H3,(H,27,28). The maximum absolute atomic E-state index is 12.7. The average Bonchev–Trinajstić information content (AvgIpc) is 2.82. The van der Waals surface area contributed by atoms with E-state index in [4.69, 9.17) is 31.8 Å². The van der Waals surface area contributed by atoms with Crippen molar-refractivity contribution in [3.05, 3.63) is 53.6 Å². The summed E-state index contributed by atoms with van der Waals surface area (Å²) < 4.78 is 22.0. The van der Waals surface area contributed by atoms with Crippen molar-refractivity contribution in [2.24, 2.45) is 0 Å². The summed E-state index contributed by atoms with van der Waals surface area (Å²) in [6.45, 7) is 2.86. The van der Waals surface area contributed by atoms with Crippen molar-refractivity contribution in [1.82, 2.24) is 5.32 Å². The zero-order valence-electron chi connectivity index (χ0n) is 18.6. The van der Waals surface area contributed by atoms with Crippen LogP contribution in [0.25, 0.3) is 0 Å². The molecule has 6 nitrogen and oxygen atoms in total. The first-order valence-corrected chi connectivity index (χ1v) is 10.4. The lowest BCUT2D eigenvalue weighted by atomic mass is 10.0. The Kier molecular flexibility index (Phi) is 10.5. The average molecular weight is 436 g/mol. The molecule has 2 aromatic rings. The number of nitrogens with one attached hydrogen (secondary N) is 1. The van der Waals surface area contributed by atoms with Gasteiger partial charge in [0, 0.05) is 6.07 Å². The van der Waals surface area contributed by atoms with E-state index in [2.05, 4.69) is 24.1 Å². The first kappa shape index (κ1) is 24.7. The molecule has 0 heterocycles. The lowest BCUT2D eigenvalue weighted by Gasteiger charge is -2.17. The van der Waals surface area contributed by atoms with Crippen LogP contribution in [0.15, 0.2) is 42.5 Å². The molecule has 6 heteroatoms. The molecular weight excluding hydrogens is 406 g/mol. The first-order chi connectivity index (χ1) is 15.6. The third-order valence-electron chi connectivity index (χ3n) is 4.51. The highest BCUT2D eigenvalue weighted by molar-refractivity contribution is 5.82. The van der Waals surface area contributed by atoms with Gasteiger partial charge in [0.05, 0.1) is 13.7 Å². The highest BCUT2D eigenvalue weighted by Gasteiger charge is 2.21. The van der Waals surface area contributed by atoms with Crippen LogP contribution in [0.2, 0.25) is 0 Å². The molecule has 0 spiro atoms. The molecule has 0 bridgehead atoms. The van der Waals surface area contributed by atoms with E-state index < -0.39 is 6.10 Å². The Hall–Kier alpha value is -3.61. The molecule has 1 unspecified atom stereocenters. The maximum atomic E-state index is 12.7. The van der Waals surface area contributed by atoms with E-state index in [0.717, 1.165) is 18.4 Å². The molecule has 0 aliphatic rings. The molecule has 32 heavy (non-hydrogen) atoms. The van der Waals surface area contributed by atoms with Gasteiger partial charge in [-0.05, 0) is 29.7 Å². The van der Waals surface area contributed by atoms with E-state index in [0.29, 0.717) is 23.8 Å². The molecular formula is C26H29NO5. The normalized spacial score (nSPS) is 11.0. The summed E-state index contributed by atoms with van der Waals surface area (Å²) in [5.74, 6) is 6.16. The number of terminal acetylenes is 2. The summed E-state index contributed by atoms with van der Waals surface area (Å²) in [6, 6.07) is 13.0. The number of hydrogen-bond donors (Lipinski definition) is 1. The highest BCUT2D eigenvalue weighted by atomic mass is 16.5. The molecule has 0 aliphatic heterocycles. The van der Waals surface area contributed by atoms with Crippen molar-refractivity contribution in [3.63, 3.8) is 0 Å². The summed E-state index contributed by atoms with van der Waals surface area (Å²) >= 11 is 0. The van der Waals surface area contributed by atoms with E-state index >= 15 is 0 Å². The van der Waals surface area contributed by atoms with Crippen molar-refractivity contribution in [1.29, 1.82) is 0 Å². The molecule has 2 aromatic carbocycles. The molecule has 1 atom stereocenters. The molecule has 168 valence electrons. The van der Waals surface area contributed by atoms with Crippen molar-refractivity contribution >= 4 is 5.91 Å². The number of carbonyl (C=O) groups excluding carboxylic acids is 1. The molecule has 2 rings (SSSR count). The molecule has 0 fully saturated rings. The minimum absolute atomic E-state index is 0.0409. The minimum Gasteiger partial charge on any atom is -0.493 e. The molecule has 1 N–H and O–H groups in total. The zero-order valence-corrected chi connectivity index (χ0v) is 18.6. The van der Waals surface area contributed by atoms with Crippen LogP contribution in [0, 0.1) is 24.7 Å². The highest BCUT2D eigenvalue weighted by Crippen LogP contribution is 2.31. The van der Waals surface area contributed by atoms with Crippen LogP contribution in [0.1, 0.15) is 30.6 Å². The fourth-order valence-electron chi connectivity index (χ4n) is 3.01. The minimum atomic E-state index is -0.783. The third-order valence-corrected chi connectivity index (χ3v) is 4.51. The summed E-state index contributed by atoms with van der Waals surface area (Å²) in [6.07, 6.45) is 11.8. The van der Waals surface area contributed by atoms with E-state index in [1.807, 2.05) is 24.3 Å². The van der Waals surface area contributed by atoms with Crippen LogP contribution in [0.4, 0.5) is 0 Å². The second kappa shape index (κ2) is 13.6. The molecule has 0 radical (unpaired) electrons. The molecule has 0 saturated carbocycles. The van der Waals surface area contributed by atoms with E-state index in [-0.39, 0.29) is 25.7 Å². The molecule has 0 saturated heterocycles. The number of carbonyl (C=O) groups is 1. The van der Waals surface area contributed by atoms with E-state index in [1.54, 1.807) is 18.2 Å². The summed E-state index contributed by atoms with van der Waals surface area (Å²) in [4.78, 5) is 12.7. The van der Waals surface area contributed by atoms with Crippen molar-refractivity contribution in [2.45, 2.75) is 25.9 Å². The van der Waals surface area contributed by atoms with Gasteiger partial charge in [-0.15, -0.1) is 12.8 Å². The Labute approximate surface area is 190 Å². The first-order valence-electron chi connectivity index (χ1n) is 10.4. The van der Waals surface area contributed by atoms with Gasteiger partial charge < -0.3 is 24.3 Å². The Morgan fingerprint density at radius 2 is 1.78 bits per heavy atom. The predicted molar refractivity (Wildman–Crippen MR) is 124 cm³/mol. The van der Waals surface area contributed by atoms with Gasteiger partial charge in [-0.3, -0.25) is 4.79 Å². The van der Waals surface area contributed by atoms with Crippen LogP contribution < -0.4 is 19.5 Å². The SMILES string of the molecule is C#CCOc1ccc(OCCNC(=O)C(OCC#C)c2ccc(CCC)cc2)cc1OC. The summed E-state index contributed by atoms with van der Waals surface area (Å²) in [5, 5.41) is 2.83. The summed E-state index contributed by atoms with van der Waals surface area (Å²) in [5.41, 5.74) is 1.97.